The highest BCUT2D eigenvalue weighted by molar-refractivity contribution is 14.1. The molecule has 108 valence electrons. The van der Waals surface area contributed by atoms with Gasteiger partial charge >= 0.3 is 5.97 Å². The van der Waals surface area contributed by atoms with E-state index in [9.17, 15) is 9.59 Å². The van der Waals surface area contributed by atoms with Gasteiger partial charge in [-0.1, -0.05) is 11.6 Å². The molecule has 1 N–H and O–H groups in total. The maximum atomic E-state index is 12.5. The van der Waals surface area contributed by atoms with Crippen LogP contribution in [0.4, 0.5) is 0 Å². The van der Waals surface area contributed by atoms with Crippen molar-refractivity contribution < 1.29 is 19.4 Å². The minimum Gasteiger partial charge on any atom is -0.481 e. The van der Waals surface area contributed by atoms with Crippen molar-refractivity contribution in [1.29, 1.82) is 0 Å². The number of carbonyl (C=O) groups is 2. The van der Waals surface area contributed by atoms with Gasteiger partial charge in [-0.25, -0.2) is 0 Å². The highest BCUT2D eigenvalue weighted by Crippen LogP contribution is 2.22. The van der Waals surface area contributed by atoms with Crippen LogP contribution in [0.25, 0.3) is 0 Å². The van der Waals surface area contributed by atoms with Crippen molar-refractivity contribution in [2.24, 2.45) is 0 Å². The standard InChI is InChI=1S/C13H13ClINO4/c14-10-5-8(1-2-11(10)15)13(19)16-3-4-20-7-9(16)6-12(17)18/h1-2,5,9H,3-4,6-7H2,(H,17,18). The number of rotatable bonds is 3. The number of aliphatic carboxylic acids is 1. The summed E-state index contributed by atoms with van der Waals surface area (Å²) in [7, 11) is 0. The van der Waals surface area contributed by atoms with E-state index in [1.165, 1.54) is 0 Å². The number of hydrogen-bond donors (Lipinski definition) is 1. The van der Waals surface area contributed by atoms with Crippen LogP contribution in [0.5, 0.6) is 0 Å². The molecule has 1 atom stereocenters. The number of halogens is 2. The molecule has 0 aromatic heterocycles. The molecule has 0 radical (unpaired) electrons. The lowest BCUT2D eigenvalue weighted by molar-refractivity contribution is -0.139. The van der Waals surface area contributed by atoms with Gasteiger partial charge in [0.25, 0.3) is 5.91 Å². The monoisotopic (exact) mass is 409 g/mol. The van der Waals surface area contributed by atoms with Gasteiger partial charge in [0.1, 0.15) is 0 Å². The largest absolute Gasteiger partial charge is 0.481 e. The summed E-state index contributed by atoms with van der Waals surface area (Å²) >= 11 is 8.10. The first-order valence-corrected chi connectivity index (χ1v) is 7.50. The molecule has 7 heteroatoms. The Balaban J connectivity index is 2.20. The minimum absolute atomic E-state index is 0.121. The van der Waals surface area contributed by atoms with Gasteiger partial charge in [-0.05, 0) is 40.8 Å². The number of carbonyl (C=O) groups excluding carboxylic acids is 1. The predicted octanol–water partition coefficient (Wildman–Crippen LogP) is 2.26. The maximum Gasteiger partial charge on any atom is 0.305 e. The summed E-state index contributed by atoms with van der Waals surface area (Å²) in [6, 6.07) is 4.64. The molecule has 0 spiro atoms. The highest BCUT2D eigenvalue weighted by atomic mass is 127. The van der Waals surface area contributed by atoms with Gasteiger partial charge in [-0.15, -0.1) is 0 Å². The Morgan fingerprint density at radius 1 is 1.50 bits per heavy atom. The summed E-state index contributed by atoms with van der Waals surface area (Å²) in [5.41, 5.74) is 0.465. The Morgan fingerprint density at radius 2 is 2.25 bits per heavy atom. The van der Waals surface area contributed by atoms with E-state index in [0.717, 1.165) is 3.57 Å². The molecule has 0 saturated carbocycles. The van der Waals surface area contributed by atoms with E-state index < -0.39 is 12.0 Å². The van der Waals surface area contributed by atoms with Gasteiger partial charge in [0, 0.05) is 15.7 Å². The number of benzene rings is 1. The lowest BCUT2D eigenvalue weighted by atomic mass is 10.1. The van der Waals surface area contributed by atoms with Crippen molar-refractivity contribution in [2.45, 2.75) is 12.5 Å². The van der Waals surface area contributed by atoms with Gasteiger partial charge in [0.2, 0.25) is 0 Å². The van der Waals surface area contributed by atoms with Gasteiger partial charge in [0.15, 0.2) is 0 Å². The van der Waals surface area contributed by atoms with Crippen LogP contribution in [0.15, 0.2) is 18.2 Å². The lowest BCUT2D eigenvalue weighted by Gasteiger charge is -2.34. The molecule has 1 aliphatic heterocycles. The summed E-state index contributed by atoms with van der Waals surface area (Å²) in [4.78, 5) is 24.9. The SMILES string of the molecule is O=C(O)CC1COCCN1C(=O)c1ccc(I)c(Cl)c1. The van der Waals surface area contributed by atoms with E-state index in [-0.39, 0.29) is 18.9 Å². The minimum atomic E-state index is -0.945. The first-order valence-electron chi connectivity index (χ1n) is 6.04. The van der Waals surface area contributed by atoms with E-state index in [1.807, 2.05) is 0 Å². The van der Waals surface area contributed by atoms with E-state index in [2.05, 4.69) is 22.6 Å². The topological polar surface area (TPSA) is 66.8 Å². The quantitative estimate of drug-likeness (QED) is 0.778. The average molecular weight is 410 g/mol. The predicted molar refractivity (Wildman–Crippen MR) is 82.1 cm³/mol. The number of ether oxygens (including phenoxy) is 1. The van der Waals surface area contributed by atoms with Crippen LogP contribution in [0.2, 0.25) is 5.02 Å². The zero-order valence-corrected chi connectivity index (χ0v) is 13.4. The van der Waals surface area contributed by atoms with Crippen molar-refractivity contribution in [2.75, 3.05) is 19.8 Å². The number of carboxylic acids is 1. The number of carboxylic acid groups (broad SMARTS) is 1. The third-order valence-electron chi connectivity index (χ3n) is 3.07. The van der Waals surface area contributed by atoms with Gasteiger partial charge < -0.3 is 14.7 Å². The summed E-state index contributed by atoms with van der Waals surface area (Å²) in [6.07, 6.45) is -0.121. The van der Waals surface area contributed by atoms with E-state index in [1.54, 1.807) is 23.1 Å². The summed E-state index contributed by atoms with van der Waals surface area (Å²) in [6.45, 7) is 1.05. The molecule has 5 nitrogen and oxygen atoms in total. The number of nitrogens with zero attached hydrogens (tertiary/aromatic N) is 1. The maximum absolute atomic E-state index is 12.5. The molecule has 1 aromatic carbocycles. The number of amides is 1. The van der Waals surface area contributed by atoms with Crippen LogP contribution in [-0.4, -0.2) is 47.7 Å². The Hall–Kier alpha value is -0.860. The normalized spacial score (nSPS) is 18.9. The second kappa shape index (κ2) is 6.73. The number of hydrogen-bond acceptors (Lipinski definition) is 3. The van der Waals surface area contributed by atoms with Crippen LogP contribution in [0.3, 0.4) is 0 Å². The first-order chi connectivity index (χ1) is 9.49. The summed E-state index contributed by atoms with van der Waals surface area (Å²) in [5, 5.41) is 9.41. The molecule has 20 heavy (non-hydrogen) atoms. The summed E-state index contributed by atoms with van der Waals surface area (Å²) in [5.74, 6) is -1.16. The van der Waals surface area contributed by atoms with E-state index in [0.29, 0.717) is 23.7 Å². The van der Waals surface area contributed by atoms with Crippen molar-refractivity contribution in [3.8, 4) is 0 Å². The zero-order chi connectivity index (χ0) is 14.7. The molecule has 1 aromatic rings. The van der Waals surface area contributed by atoms with E-state index in [4.69, 9.17) is 21.4 Å². The second-order valence-electron chi connectivity index (χ2n) is 4.45. The average Bonchev–Trinajstić information content (AvgIpc) is 2.41. The third-order valence-corrected chi connectivity index (χ3v) is 4.64. The van der Waals surface area contributed by atoms with Crippen LogP contribution in [-0.2, 0) is 9.53 Å². The van der Waals surface area contributed by atoms with Crippen molar-refractivity contribution in [3.63, 3.8) is 0 Å². The molecule has 2 rings (SSSR count). The number of morpholine rings is 1. The Morgan fingerprint density at radius 3 is 2.90 bits per heavy atom. The molecule has 0 aliphatic carbocycles. The molecule has 1 heterocycles. The van der Waals surface area contributed by atoms with Crippen LogP contribution in [0.1, 0.15) is 16.8 Å². The van der Waals surface area contributed by atoms with E-state index >= 15 is 0 Å². The van der Waals surface area contributed by atoms with Crippen molar-refractivity contribution in [3.05, 3.63) is 32.4 Å². The lowest BCUT2D eigenvalue weighted by Crippen LogP contribution is -2.49. The Labute approximate surface area is 135 Å². The van der Waals surface area contributed by atoms with Crippen LogP contribution >= 0.6 is 34.2 Å². The first kappa shape index (κ1) is 15.5. The smallest absolute Gasteiger partial charge is 0.305 e. The Kier molecular flexibility index (Phi) is 5.22. The van der Waals surface area contributed by atoms with Crippen molar-refractivity contribution in [1.82, 2.24) is 4.90 Å². The molecule has 1 unspecified atom stereocenters. The van der Waals surface area contributed by atoms with Crippen molar-refractivity contribution >= 4 is 46.1 Å². The fraction of sp³-hybridized carbons (Fsp3) is 0.385. The molecular formula is C13H13ClINO4. The fourth-order valence-electron chi connectivity index (χ4n) is 2.09. The molecule has 1 amide bonds. The van der Waals surface area contributed by atoms with Gasteiger partial charge in [0.05, 0.1) is 30.7 Å². The summed E-state index contributed by atoms with van der Waals surface area (Å²) < 4.78 is 6.12. The Bertz CT molecular complexity index is 537. The third kappa shape index (κ3) is 3.62. The molecular weight excluding hydrogens is 397 g/mol. The second-order valence-corrected chi connectivity index (χ2v) is 6.02. The van der Waals surface area contributed by atoms with Gasteiger partial charge in [-0.2, -0.15) is 0 Å². The fourth-order valence-corrected chi connectivity index (χ4v) is 2.60. The molecule has 0 bridgehead atoms. The van der Waals surface area contributed by atoms with Crippen LogP contribution < -0.4 is 0 Å². The van der Waals surface area contributed by atoms with Crippen LogP contribution in [0, 0.1) is 3.57 Å². The highest BCUT2D eigenvalue weighted by Gasteiger charge is 2.29. The zero-order valence-electron chi connectivity index (χ0n) is 10.5. The molecule has 1 saturated heterocycles. The van der Waals surface area contributed by atoms with Gasteiger partial charge in [-0.3, -0.25) is 9.59 Å². The molecule has 1 aliphatic rings. The molecule has 1 fully saturated rings.